The van der Waals surface area contributed by atoms with Gasteiger partial charge in [0.25, 0.3) is 0 Å². The average Bonchev–Trinajstić information content (AvgIpc) is 1.88. The van der Waals surface area contributed by atoms with E-state index < -0.39 is 5.69 Å². The standard InChI is InChI=1S/C4H4ClN3O.C2H6/c1-2-6-3(5)8-4(9)7-2;1-2/h1H3,(H,6,7,8,9);1-2H3. The Morgan fingerprint density at radius 2 is 1.91 bits per heavy atom. The van der Waals surface area contributed by atoms with E-state index in [1.54, 1.807) is 6.92 Å². The van der Waals surface area contributed by atoms with Gasteiger partial charge < -0.3 is 0 Å². The number of hydrogen-bond donors (Lipinski definition) is 1. The Morgan fingerprint density at radius 3 is 2.27 bits per heavy atom. The van der Waals surface area contributed by atoms with Crippen LogP contribution in [0.15, 0.2) is 4.79 Å². The van der Waals surface area contributed by atoms with Gasteiger partial charge >= 0.3 is 5.69 Å². The maximum absolute atomic E-state index is 10.4. The SMILES string of the molecule is CC.Cc1nc(Cl)nc(=O)[nH]1. The zero-order chi connectivity index (χ0) is 8.85. The van der Waals surface area contributed by atoms with Crippen molar-refractivity contribution < 1.29 is 0 Å². The van der Waals surface area contributed by atoms with Crippen LogP contribution >= 0.6 is 11.6 Å². The van der Waals surface area contributed by atoms with Gasteiger partial charge in [-0.1, -0.05) is 13.8 Å². The van der Waals surface area contributed by atoms with E-state index in [0.29, 0.717) is 5.82 Å². The molecule has 0 saturated carbocycles. The number of aryl methyl sites for hydroxylation is 1. The van der Waals surface area contributed by atoms with Crippen LogP contribution in [-0.4, -0.2) is 15.0 Å². The van der Waals surface area contributed by atoms with Crippen molar-refractivity contribution >= 4 is 11.6 Å². The summed E-state index contributed by atoms with van der Waals surface area (Å²) in [7, 11) is 0. The fraction of sp³-hybridized carbons (Fsp3) is 0.500. The molecule has 0 aliphatic heterocycles. The molecular formula is C6H10ClN3O. The largest absolute Gasteiger partial charge is 0.349 e. The van der Waals surface area contributed by atoms with Gasteiger partial charge in [-0.15, -0.1) is 0 Å². The van der Waals surface area contributed by atoms with Gasteiger partial charge in [0.2, 0.25) is 5.28 Å². The van der Waals surface area contributed by atoms with Crippen LogP contribution in [0, 0.1) is 6.92 Å². The maximum Gasteiger partial charge on any atom is 0.349 e. The Hall–Kier alpha value is -0.900. The molecule has 0 aromatic carbocycles. The number of halogens is 1. The van der Waals surface area contributed by atoms with E-state index >= 15 is 0 Å². The Kier molecular flexibility index (Phi) is 4.45. The number of H-pyrrole nitrogens is 1. The van der Waals surface area contributed by atoms with Crippen molar-refractivity contribution in [3.8, 4) is 0 Å². The molecule has 0 saturated heterocycles. The third kappa shape index (κ3) is 3.72. The molecule has 0 bridgehead atoms. The Balaban J connectivity index is 0.000000461. The van der Waals surface area contributed by atoms with Gasteiger partial charge in [-0.2, -0.15) is 4.98 Å². The van der Waals surface area contributed by atoms with E-state index in [2.05, 4.69) is 15.0 Å². The first-order chi connectivity index (χ1) is 5.18. The summed E-state index contributed by atoms with van der Waals surface area (Å²) < 4.78 is 0. The molecule has 0 spiro atoms. The van der Waals surface area contributed by atoms with Gasteiger partial charge in [0, 0.05) is 0 Å². The molecule has 5 heteroatoms. The predicted octanol–water partition coefficient (Wildman–Crippen LogP) is 1.15. The predicted molar refractivity (Wildman–Crippen MR) is 43.7 cm³/mol. The molecule has 1 heterocycles. The second-order valence-corrected chi connectivity index (χ2v) is 1.85. The molecule has 0 unspecified atom stereocenters. The number of nitrogens with one attached hydrogen (secondary N) is 1. The summed E-state index contributed by atoms with van der Waals surface area (Å²) in [4.78, 5) is 19.7. The van der Waals surface area contributed by atoms with Crippen LogP contribution in [0.5, 0.6) is 0 Å². The molecule has 1 aromatic heterocycles. The molecule has 1 aromatic rings. The van der Waals surface area contributed by atoms with Crippen LogP contribution in [0.2, 0.25) is 5.28 Å². The van der Waals surface area contributed by atoms with E-state index in [-0.39, 0.29) is 5.28 Å². The summed E-state index contributed by atoms with van der Waals surface area (Å²) in [6.07, 6.45) is 0. The van der Waals surface area contributed by atoms with E-state index in [4.69, 9.17) is 11.6 Å². The van der Waals surface area contributed by atoms with Crippen LogP contribution in [-0.2, 0) is 0 Å². The highest BCUT2D eigenvalue weighted by Gasteiger charge is 1.92. The summed E-state index contributed by atoms with van der Waals surface area (Å²) >= 11 is 5.31. The van der Waals surface area contributed by atoms with Crippen molar-refractivity contribution in [2.24, 2.45) is 0 Å². The van der Waals surface area contributed by atoms with E-state index in [1.807, 2.05) is 13.8 Å². The van der Waals surface area contributed by atoms with Crippen molar-refractivity contribution in [2.45, 2.75) is 20.8 Å². The fourth-order valence-electron chi connectivity index (χ4n) is 0.458. The van der Waals surface area contributed by atoms with Crippen LogP contribution in [0.1, 0.15) is 19.7 Å². The Labute approximate surface area is 69.7 Å². The van der Waals surface area contributed by atoms with Crippen molar-refractivity contribution in [3.05, 3.63) is 21.6 Å². The lowest BCUT2D eigenvalue weighted by molar-refractivity contribution is 0.927. The number of hydrogen-bond acceptors (Lipinski definition) is 3. The quantitative estimate of drug-likeness (QED) is 0.644. The fourth-order valence-corrected chi connectivity index (χ4v) is 0.661. The van der Waals surface area contributed by atoms with Crippen molar-refractivity contribution in [1.29, 1.82) is 0 Å². The second kappa shape index (κ2) is 4.85. The lowest BCUT2D eigenvalue weighted by atomic mass is 10.7. The van der Waals surface area contributed by atoms with Crippen molar-refractivity contribution in [3.63, 3.8) is 0 Å². The first-order valence-electron chi connectivity index (χ1n) is 3.29. The number of nitrogens with zero attached hydrogens (tertiary/aromatic N) is 2. The summed E-state index contributed by atoms with van der Waals surface area (Å²) in [5, 5.41) is -0.0174. The zero-order valence-electron chi connectivity index (χ0n) is 6.68. The Bertz CT molecular complexity index is 248. The van der Waals surface area contributed by atoms with E-state index in [9.17, 15) is 4.79 Å². The van der Waals surface area contributed by atoms with Crippen LogP contribution in [0.3, 0.4) is 0 Å². The van der Waals surface area contributed by atoms with Gasteiger partial charge in [0.05, 0.1) is 0 Å². The molecule has 0 aliphatic carbocycles. The minimum Gasteiger partial charge on any atom is -0.294 e. The minimum absolute atomic E-state index is 0.0174. The molecule has 11 heavy (non-hydrogen) atoms. The van der Waals surface area contributed by atoms with E-state index in [0.717, 1.165) is 0 Å². The molecule has 0 atom stereocenters. The number of aromatic nitrogens is 3. The molecule has 4 nitrogen and oxygen atoms in total. The second-order valence-electron chi connectivity index (χ2n) is 1.51. The molecular weight excluding hydrogens is 166 g/mol. The monoisotopic (exact) mass is 175 g/mol. The van der Waals surface area contributed by atoms with Crippen LogP contribution < -0.4 is 5.69 Å². The molecule has 0 aliphatic rings. The smallest absolute Gasteiger partial charge is 0.294 e. The van der Waals surface area contributed by atoms with Gasteiger partial charge in [0.15, 0.2) is 0 Å². The number of aromatic amines is 1. The molecule has 0 radical (unpaired) electrons. The third-order valence-corrected chi connectivity index (χ3v) is 0.911. The first kappa shape index (κ1) is 10.1. The Morgan fingerprint density at radius 1 is 1.36 bits per heavy atom. The number of rotatable bonds is 0. The van der Waals surface area contributed by atoms with E-state index in [1.165, 1.54) is 0 Å². The highest BCUT2D eigenvalue weighted by molar-refractivity contribution is 6.28. The molecule has 62 valence electrons. The highest BCUT2D eigenvalue weighted by atomic mass is 35.5. The summed E-state index contributed by atoms with van der Waals surface area (Å²) in [5.41, 5.74) is -0.465. The minimum atomic E-state index is -0.465. The maximum atomic E-state index is 10.4. The molecule has 1 rings (SSSR count). The molecule has 0 fully saturated rings. The lowest BCUT2D eigenvalue weighted by Gasteiger charge is -1.87. The molecule has 1 N–H and O–H groups in total. The summed E-state index contributed by atoms with van der Waals surface area (Å²) in [6.45, 7) is 5.63. The molecule has 0 amide bonds. The lowest BCUT2D eigenvalue weighted by Crippen LogP contribution is -2.12. The van der Waals surface area contributed by atoms with Crippen LogP contribution in [0.4, 0.5) is 0 Å². The van der Waals surface area contributed by atoms with Crippen molar-refractivity contribution in [1.82, 2.24) is 15.0 Å². The van der Waals surface area contributed by atoms with Crippen molar-refractivity contribution in [2.75, 3.05) is 0 Å². The normalized spacial score (nSPS) is 8.36. The topological polar surface area (TPSA) is 58.6 Å². The first-order valence-corrected chi connectivity index (χ1v) is 3.67. The zero-order valence-corrected chi connectivity index (χ0v) is 7.44. The summed E-state index contributed by atoms with van der Waals surface area (Å²) in [5.74, 6) is 0.472. The van der Waals surface area contributed by atoms with Gasteiger partial charge in [-0.3, -0.25) is 4.98 Å². The van der Waals surface area contributed by atoms with Gasteiger partial charge in [-0.05, 0) is 18.5 Å². The average molecular weight is 176 g/mol. The van der Waals surface area contributed by atoms with Gasteiger partial charge in [0.1, 0.15) is 5.82 Å². The summed E-state index contributed by atoms with van der Waals surface area (Å²) in [6, 6.07) is 0. The van der Waals surface area contributed by atoms with Gasteiger partial charge in [-0.25, -0.2) is 9.78 Å². The van der Waals surface area contributed by atoms with Crippen LogP contribution in [0.25, 0.3) is 0 Å². The highest BCUT2D eigenvalue weighted by Crippen LogP contribution is 1.92. The third-order valence-electron chi connectivity index (χ3n) is 0.742.